The van der Waals surface area contributed by atoms with E-state index in [0.29, 0.717) is 18.3 Å². The van der Waals surface area contributed by atoms with E-state index < -0.39 is 6.61 Å². The molecule has 4 nitrogen and oxygen atoms in total. The van der Waals surface area contributed by atoms with Gasteiger partial charge in [-0.15, -0.1) is 0 Å². The van der Waals surface area contributed by atoms with Gasteiger partial charge in [0.15, 0.2) is 11.5 Å². The highest BCUT2D eigenvalue weighted by Crippen LogP contribution is 2.36. The molecular weight excluding hydrogens is 350 g/mol. The van der Waals surface area contributed by atoms with Gasteiger partial charge in [-0.25, -0.2) is 0 Å². The van der Waals surface area contributed by atoms with Crippen LogP contribution in [0.4, 0.5) is 14.5 Å². The van der Waals surface area contributed by atoms with Gasteiger partial charge in [0.05, 0.1) is 6.61 Å². The quantitative estimate of drug-likeness (QED) is 0.787. The number of hydrogen-bond acceptors (Lipinski definition) is 4. The maximum atomic E-state index is 12.7. The zero-order chi connectivity index (χ0) is 18.6. The van der Waals surface area contributed by atoms with Gasteiger partial charge in [0.2, 0.25) is 0 Å². The van der Waals surface area contributed by atoms with Crippen molar-refractivity contribution in [1.29, 1.82) is 0 Å². The zero-order valence-corrected chi connectivity index (χ0v) is 15.1. The van der Waals surface area contributed by atoms with Crippen LogP contribution in [0.15, 0.2) is 48.5 Å². The lowest BCUT2D eigenvalue weighted by molar-refractivity contribution is -0.0515. The van der Waals surface area contributed by atoms with E-state index in [1.165, 1.54) is 5.56 Å². The fourth-order valence-corrected chi connectivity index (χ4v) is 3.38. The number of nitrogens with one attached hydrogen (secondary N) is 1. The predicted molar refractivity (Wildman–Crippen MR) is 101 cm³/mol. The molecule has 1 saturated carbocycles. The number of alkyl halides is 2. The maximum absolute atomic E-state index is 12.7. The van der Waals surface area contributed by atoms with Crippen LogP contribution < -0.4 is 19.7 Å². The molecule has 2 aromatic carbocycles. The van der Waals surface area contributed by atoms with Gasteiger partial charge in [0.1, 0.15) is 0 Å². The third-order valence-corrected chi connectivity index (χ3v) is 5.06. The Bertz CT molecular complexity index is 753. The summed E-state index contributed by atoms with van der Waals surface area (Å²) in [5.74, 6) is 1.04. The molecule has 1 aliphatic carbocycles. The highest BCUT2D eigenvalue weighted by molar-refractivity contribution is 5.57. The molecule has 6 heteroatoms. The van der Waals surface area contributed by atoms with E-state index in [4.69, 9.17) is 4.74 Å². The van der Waals surface area contributed by atoms with Gasteiger partial charge in [-0.1, -0.05) is 30.3 Å². The molecule has 144 valence electrons. The Labute approximate surface area is 158 Å². The highest BCUT2D eigenvalue weighted by Gasteiger charge is 2.25. The highest BCUT2D eigenvalue weighted by atomic mass is 19.3. The number of ether oxygens (including phenoxy) is 2. The second kappa shape index (κ2) is 8.13. The summed E-state index contributed by atoms with van der Waals surface area (Å²) >= 11 is 0. The first-order chi connectivity index (χ1) is 13.2. The Morgan fingerprint density at radius 3 is 2.63 bits per heavy atom. The minimum absolute atomic E-state index is 0.101. The Balaban J connectivity index is 1.51. The molecule has 0 unspecified atom stereocenters. The summed E-state index contributed by atoms with van der Waals surface area (Å²) < 4.78 is 35.9. The van der Waals surface area contributed by atoms with Gasteiger partial charge in [0.25, 0.3) is 0 Å². The molecule has 0 spiro atoms. The molecule has 1 saturated heterocycles. The molecule has 2 aromatic rings. The van der Waals surface area contributed by atoms with Crippen molar-refractivity contribution >= 4 is 5.69 Å². The molecule has 0 amide bonds. The van der Waals surface area contributed by atoms with Gasteiger partial charge < -0.3 is 19.7 Å². The summed E-state index contributed by atoms with van der Waals surface area (Å²) in [5, 5.41) is 3.54. The molecular formula is C21H24F2N2O2. The second-order valence-electron chi connectivity index (χ2n) is 7.13. The van der Waals surface area contributed by atoms with E-state index in [0.717, 1.165) is 38.2 Å². The number of hydrogen-bond donors (Lipinski definition) is 1. The van der Waals surface area contributed by atoms with Crippen molar-refractivity contribution in [1.82, 2.24) is 5.32 Å². The summed E-state index contributed by atoms with van der Waals surface area (Å²) in [6.07, 6.45) is 2.28. The van der Waals surface area contributed by atoms with E-state index >= 15 is 0 Å². The molecule has 2 aliphatic rings. The zero-order valence-electron chi connectivity index (χ0n) is 15.1. The third-order valence-electron chi connectivity index (χ3n) is 5.06. The van der Waals surface area contributed by atoms with Crippen molar-refractivity contribution < 1.29 is 18.3 Å². The van der Waals surface area contributed by atoms with E-state index in [9.17, 15) is 8.78 Å². The monoisotopic (exact) mass is 374 g/mol. The minimum Gasteiger partial charge on any atom is -0.489 e. The van der Waals surface area contributed by atoms with Crippen LogP contribution in [-0.2, 0) is 0 Å². The largest absolute Gasteiger partial charge is 0.489 e. The number of benzene rings is 2. The molecule has 0 radical (unpaired) electrons. The van der Waals surface area contributed by atoms with Crippen molar-refractivity contribution in [2.45, 2.75) is 25.5 Å². The fourth-order valence-electron chi connectivity index (χ4n) is 3.38. The van der Waals surface area contributed by atoms with E-state index in [1.807, 2.05) is 30.3 Å². The lowest BCUT2D eigenvalue weighted by Gasteiger charge is -2.35. The van der Waals surface area contributed by atoms with Crippen LogP contribution in [-0.4, -0.2) is 32.9 Å². The van der Waals surface area contributed by atoms with Gasteiger partial charge >= 0.3 is 6.61 Å². The standard InChI is InChI=1S/C21H24F2N2O2/c22-21(23)27-19-9-8-17(12-20(19)26-14-15-6-7-15)25-11-10-24-18(13-25)16-4-2-1-3-5-16/h1-5,8-9,12,15,18,21,24H,6-7,10-11,13-14H2/t18-/m1/s1. The number of nitrogens with zero attached hydrogens (tertiary/aromatic N) is 1. The topological polar surface area (TPSA) is 33.7 Å². The number of piperazine rings is 1. The van der Waals surface area contributed by atoms with Crippen molar-refractivity contribution in [2.75, 3.05) is 31.1 Å². The van der Waals surface area contributed by atoms with Crippen LogP contribution in [0.5, 0.6) is 11.5 Å². The third kappa shape index (κ3) is 4.69. The molecule has 0 aromatic heterocycles. The van der Waals surface area contributed by atoms with Crippen molar-refractivity contribution in [3.8, 4) is 11.5 Å². The van der Waals surface area contributed by atoms with Gasteiger partial charge in [-0.05, 0) is 36.5 Å². The van der Waals surface area contributed by atoms with E-state index in [2.05, 4.69) is 27.1 Å². The van der Waals surface area contributed by atoms with E-state index in [1.54, 1.807) is 6.07 Å². The first-order valence-electron chi connectivity index (χ1n) is 9.44. The Morgan fingerprint density at radius 2 is 1.89 bits per heavy atom. The molecule has 1 N–H and O–H groups in total. The number of halogens is 2. The second-order valence-corrected chi connectivity index (χ2v) is 7.13. The predicted octanol–water partition coefficient (Wildman–Crippen LogP) is 4.23. The number of anilines is 1. The summed E-state index contributed by atoms with van der Waals surface area (Å²) in [5.41, 5.74) is 2.20. The molecule has 2 fully saturated rings. The van der Waals surface area contributed by atoms with Crippen molar-refractivity contribution in [2.24, 2.45) is 5.92 Å². The maximum Gasteiger partial charge on any atom is 0.387 e. The molecule has 27 heavy (non-hydrogen) atoms. The molecule has 1 aliphatic heterocycles. The molecule has 1 heterocycles. The summed E-state index contributed by atoms with van der Waals surface area (Å²) in [6.45, 7) is 0.201. The SMILES string of the molecule is FC(F)Oc1ccc(N2CCN[C@@H](c3ccccc3)C2)cc1OCC1CC1. The van der Waals surface area contributed by atoms with Crippen LogP contribution in [0.25, 0.3) is 0 Å². The average molecular weight is 374 g/mol. The first-order valence-corrected chi connectivity index (χ1v) is 9.44. The van der Waals surface area contributed by atoms with Crippen LogP contribution in [0, 0.1) is 5.92 Å². The van der Waals surface area contributed by atoms with Crippen LogP contribution in [0.1, 0.15) is 24.4 Å². The smallest absolute Gasteiger partial charge is 0.387 e. The molecule has 0 bridgehead atoms. The average Bonchev–Trinajstić information content (AvgIpc) is 3.52. The summed E-state index contributed by atoms with van der Waals surface area (Å²) in [6, 6.07) is 15.8. The Morgan fingerprint density at radius 1 is 1.07 bits per heavy atom. The van der Waals surface area contributed by atoms with Gasteiger partial charge in [-0.2, -0.15) is 8.78 Å². The Hall–Kier alpha value is -2.34. The summed E-state index contributed by atoms with van der Waals surface area (Å²) in [7, 11) is 0. The first kappa shape index (κ1) is 18.0. The lowest BCUT2D eigenvalue weighted by atomic mass is 10.0. The van der Waals surface area contributed by atoms with Crippen LogP contribution >= 0.6 is 0 Å². The summed E-state index contributed by atoms with van der Waals surface area (Å²) in [4.78, 5) is 2.25. The number of rotatable bonds is 7. The fraction of sp³-hybridized carbons (Fsp3) is 0.429. The van der Waals surface area contributed by atoms with Crippen LogP contribution in [0.2, 0.25) is 0 Å². The van der Waals surface area contributed by atoms with Gasteiger partial charge in [0, 0.05) is 37.4 Å². The Kier molecular flexibility index (Phi) is 5.43. The normalized spacial score (nSPS) is 20.0. The molecule has 4 rings (SSSR count). The van der Waals surface area contributed by atoms with E-state index in [-0.39, 0.29) is 11.8 Å². The van der Waals surface area contributed by atoms with Crippen LogP contribution in [0.3, 0.4) is 0 Å². The minimum atomic E-state index is -2.86. The van der Waals surface area contributed by atoms with Gasteiger partial charge in [-0.3, -0.25) is 0 Å². The molecule has 1 atom stereocenters. The lowest BCUT2D eigenvalue weighted by Crippen LogP contribution is -2.45. The van der Waals surface area contributed by atoms with Crippen molar-refractivity contribution in [3.63, 3.8) is 0 Å². The van der Waals surface area contributed by atoms with Crippen molar-refractivity contribution in [3.05, 3.63) is 54.1 Å².